The number of hydrogen-bond donors (Lipinski definition) is 1. The summed E-state index contributed by atoms with van der Waals surface area (Å²) < 4.78 is 4.63. The van der Waals surface area contributed by atoms with Crippen molar-refractivity contribution in [1.29, 1.82) is 0 Å². The van der Waals surface area contributed by atoms with Gasteiger partial charge in [-0.05, 0) is 13.8 Å². The zero-order valence-corrected chi connectivity index (χ0v) is 6.66. The van der Waals surface area contributed by atoms with Crippen LogP contribution in [0.5, 0.6) is 0 Å². The highest BCUT2D eigenvalue weighted by molar-refractivity contribution is 5.86. The van der Waals surface area contributed by atoms with Crippen LogP contribution in [0.15, 0.2) is 12.2 Å². The van der Waals surface area contributed by atoms with E-state index in [4.69, 9.17) is 5.26 Å². The summed E-state index contributed by atoms with van der Waals surface area (Å²) in [5.41, 5.74) is 0.329. The molecule has 0 saturated heterocycles. The lowest BCUT2D eigenvalue weighted by Gasteiger charge is -2.07. The molecular weight excluding hydrogens is 148 g/mol. The predicted octanol–water partition coefficient (Wildman–Crippen LogP) is 0.984. The fourth-order valence-corrected chi connectivity index (χ4v) is 0.347. The minimum atomic E-state index is -0.502. The van der Waals surface area contributed by atoms with Crippen LogP contribution in [0.1, 0.15) is 13.8 Å². The van der Waals surface area contributed by atoms with Gasteiger partial charge in [-0.2, -0.15) is 0 Å². The molecule has 1 atom stereocenters. The van der Waals surface area contributed by atoms with Gasteiger partial charge >= 0.3 is 5.97 Å². The van der Waals surface area contributed by atoms with Gasteiger partial charge in [0.1, 0.15) is 12.7 Å². The van der Waals surface area contributed by atoms with Gasteiger partial charge in [-0.1, -0.05) is 6.58 Å². The van der Waals surface area contributed by atoms with Gasteiger partial charge in [0.05, 0.1) is 0 Å². The van der Waals surface area contributed by atoms with Crippen molar-refractivity contribution in [2.75, 3.05) is 6.61 Å². The summed E-state index contributed by atoms with van der Waals surface area (Å²) in [7, 11) is 0. The molecule has 4 nitrogen and oxygen atoms in total. The maximum absolute atomic E-state index is 10.7. The number of carbonyl (C=O) groups excluding carboxylic acids is 1. The van der Waals surface area contributed by atoms with Crippen molar-refractivity contribution in [1.82, 2.24) is 0 Å². The molecule has 64 valence electrons. The molecule has 0 aliphatic carbocycles. The number of ether oxygens (including phenoxy) is 1. The molecule has 0 saturated carbocycles. The summed E-state index contributed by atoms with van der Waals surface area (Å²) >= 11 is 0. The van der Waals surface area contributed by atoms with Gasteiger partial charge in [-0.25, -0.2) is 9.68 Å². The normalized spacial score (nSPS) is 12.3. The van der Waals surface area contributed by atoms with Crippen LogP contribution in [0.4, 0.5) is 0 Å². The molecule has 0 rings (SSSR count). The molecule has 0 aliphatic rings. The van der Waals surface area contributed by atoms with Gasteiger partial charge < -0.3 is 4.74 Å². The first kappa shape index (κ1) is 10.1. The number of carbonyl (C=O) groups is 1. The van der Waals surface area contributed by atoms with E-state index in [1.54, 1.807) is 13.8 Å². The molecule has 0 aliphatic heterocycles. The van der Waals surface area contributed by atoms with Crippen molar-refractivity contribution in [3.8, 4) is 0 Å². The van der Waals surface area contributed by atoms with Gasteiger partial charge in [-0.3, -0.25) is 5.26 Å². The average molecular weight is 160 g/mol. The van der Waals surface area contributed by atoms with E-state index in [0.717, 1.165) is 0 Å². The lowest BCUT2D eigenvalue weighted by Crippen LogP contribution is -2.17. The Bertz CT molecular complexity index is 153. The van der Waals surface area contributed by atoms with Crippen LogP contribution in [0.3, 0.4) is 0 Å². The Kier molecular flexibility index (Phi) is 4.49. The third kappa shape index (κ3) is 4.52. The first-order valence-corrected chi connectivity index (χ1v) is 3.20. The third-order valence-electron chi connectivity index (χ3n) is 0.978. The van der Waals surface area contributed by atoms with E-state index < -0.39 is 12.1 Å². The molecule has 0 aromatic rings. The zero-order chi connectivity index (χ0) is 8.85. The standard InChI is InChI=1S/C7H12O4/c1-5(2)7(8)10-4-6(3)11-9/h6,9H,1,4H2,2-3H3. The van der Waals surface area contributed by atoms with E-state index in [1.807, 2.05) is 0 Å². The SMILES string of the molecule is C=C(C)C(=O)OCC(C)OO. The fraction of sp³-hybridized carbons (Fsp3) is 0.571. The van der Waals surface area contributed by atoms with E-state index in [-0.39, 0.29) is 6.61 Å². The van der Waals surface area contributed by atoms with Gasteiger partial charge in [0.25, 0.3) is 0 Å². The van der Waals surface area contributed by atoms with Crippen LogP contribution in [0.25, 0.3) is 0 Å². The van der Waals surface area contributed by atoms with Gasteiger partial charge in [0, 0.05) is 5.57 Å². The van der Waals surface area contributed by atoms with Gasteiger partial charge in [0.2, 0.25) is 0 Å². The molecule has 0 radical (unpaired) electrons. The maximum Gasteiger partial charge on any atom is 0.333 e. The first-order chi connectivity index (χ1) is 5.07. The quantitative estimate of drug-likeness (QED) is 0.288. The minimum absolute atomic E-state index is 0.0300. The number of esters is 1. The van der Waals surface area contributed by atoms with Crippen molar-refractivity contribution < 1.29 is 19.7 Å². The zero-order valence-electron chi connectivity index (χ0n) is 6.66. The summed E-state index contributed by atoms with van der Waals surface area (Å²) in [6.45, 7) is 6.53. The molecular formula is C7H12O4. The third-order valence-corrected chi connectivity index (χ3v) is 0.978. The van der Waals surface area contributed by atoms with Crippen LogP contribution < -0.4 is 0 Å². The lowest BCUT2D eigenvalue weighted by atomic mass is 10.3. The molecule has 11 heavy (non-hydrogen) atoms. The van der Waals surface area contributed by atoms with Crippen LogP contribution >= 0.6 is 0 Å². The second kappa shape index (κ2) is 4.87. The van der Waals surface area contributed by atoms with Gasteiger partial charge in [-0.15, -0.1) is 0 Å². The van der Waals surface area contributed by atoms with E-state index in [1.165, 1.54) is 0 Å². The average Bonchev–Trinajstić information content (AvgIpc) is 1.99. The first-order valence-electron chi connectivity index (χ1n) is 3.20. The molecule has 0 heterocycles. The number of rotatable bonds is 4. The van der Waals surface area contributed by atoms with Crippen molar-refractivity contribution >= 4 is 5.97 Å². The lowest BCUT2D eigenvalue weighted by molar-refractivity contribution is -0.280. The Labute approximate surface area is 65.4 Å². The summed E-state index contributed by atoms with van der Waals surface area (Å²) in [5.74, 6) is -0.478. The summed E-state index contributed by atoms with van der Waals surface area (Å²) in [6.07, 6.45) is -0.502. The van der Waals surface area contributed by atoms with Crippen molar-refractivity contribution in [3.63, 3.8) is 0 Å². The molecule has 1 unspecified atom stereocenters. The van der Waals surface area contributed by atoms with E-state index in [9.17, 15) is 4.79 Å². The van der Waals surface area contributed by atoms with Crippen LogP contribution in [0.2, 0.25) is 0 Å². The Hall–Kier alpha value is -0.870. The second-order valence-corrected chi connectivity index (χ2v) is 2.29. The Morgan fingerprint density at radius 3 is 2.64 bits per heavy atom. The minimum Gasteiger partial charge on any atom is -0.459 e. The van der Waals surface area contributed by atoms with Crippen LogP contribution in [-0.2, 0) is 14.4 Å². The van der Waals surface area contributed by atoms with Crippen molar-refractivity contribution in [2.45, 2.75) is 20.0 Å². The molecule has 1 N–H and O–H groups in total. The Morgan fingerprint density at radius 2 is 2.27 bits per heavy atom. The van der Waals surface area contributed by atoms with Crippen LogP contribution in [-0.4, -0.2) is 23.9 Å². The second-order valence-electron chi connectivity index (χ2n) is 2.29. The highest BCUT2D eigenvalue weighted by Crippen LogP contribution is 1.95. The smallest absolute Gasteiger partial charge is 0.333 e. The van der Waals surface area contributed by atoms with Gasteiger partial charge in [0.15, 0.2) is 0 Å². The summed E-state index contributed by atoms with van der Waals surface area (Å²) in [4.78, 5) is 14.6. The fourth-order valence-electron chi connectivity index (χ4n) is 0.347. The molecule has 4 heteroatoms. The highest BCUT2D eigenvalue weighted by atomic mass is 17.1. The van der Waals surface area contributed by atoms with E-state index in [0.29, 0.717) is 5.57 Å². The Morgan fingerprint density at radius 1 is 1.73 bits per heavy atom. The largest absolute Gasteiger partial charge is 0.459 e. The Balaban J connectivity index is 3.54. The van der Waals surface area contributed by atoms with E-state index >= 15 is 0 Å². The molecule has 0 amide bonds. The summed E-state index contributed by atoms with van der Waals surface area (Å²) in [6, 6.07) is 0. The molecule has 0 spiro atoms. The molecule has 0 bridgehead atoms. The van der Waals surface area contributed by atoms with Crippen LogP contribution in [0, 0.1) is 0 Å². The van der Waals surface area contributed by atoms with Crippen molar-refractivity contribution in [2.24, 2.45) is 0 Å². The molecule has 0 fully saturated rings. The maximum atomic E-state index is 10.7. The predicted molar refractivity (Wildman–Crippen MR) is 38.9 cm³/mol. The molecule has 0 aromatic heterocycles. The summed E-state index contributed by atoms with van der Waals surface area (Å²) in [5, 5.41) is 8.07. The van der Waals surface area contributed by atoms with E-state index in [2.05, 4.69) is 16.2 Å². The number of hydrogen-bond acceptors (Lipinski definition) is 4. The van der Waals surface area contributed by atoms with Crippen molar-refractivity contribution in [3.05, 3.63) is 12.2 Å². The highest BCUT2D eigenvalue weighted by Gasteiger charge is 2.06. The topological polar surface area (TPSA) is 55.8 Å². The monoisotopic (exact) mass is 160 g/mol. The molecule has 0 aromatic carbocycles.